The number of pyridine rings is 1. The third kappa shape index (κ3) is 4.51. The summed E-state index contributed by atoms with van der Waals surface area (Å²) in [7, 11) is 0. The van der Waals surface area contributed by atoms with Gasteiger partial charge in [0.15, 0.2) is 0 Å². The summed E-state index contributed by atoms with van der Waals surface area (Å²) in [6.07, 6.45) is 2.09. The predicted octanol–water partition coefficient (Wildman–Crippen LogP) is 3.30. The molecule has 0 saturated carbocycles. The van der Waals surface area contributed by atoms with Crippen LogP contribution in [0.15, 0.2) is 48.7 Å². The maximum atomic E-state index is 13.4. The van der Waals surface area contributed by atoms with Crippen molar-refractivity contribution >= 4 is 11.9 Å². The normalized spacial score (nSPS) is 19.3. The maximum Gasteiger partial charge on any atom is 0.311 e. The first-order valence-corrected chi connectivity index (χ1v) is 9.11. The van der Waals surface area contributed by atoms with Crippen molar-refractivity contribution in [2.75, 3.05) is 6.54 Å². The second kappa shape index (κ2) is 8.29. The Hall–Kier alpha value is -2.76. The fourth-order valence-corrected chi connectivity index (χ4v) is 3.47. The van der Waals surface area contributed by atoms with E-state index >= 15 is 0 Å². The van der Waals surface area contributed by atoms with Crippen molar-refractivity contribution in [2.24, 2.45) is 5.92 Å². The molecule has 2 aromatic rings. The van der Waals surface area contributed by atoms with Crippen LogP contribution in [0.25, 0.3) is 0 Å². The summed E-state index contributed by atoms with van der Waals surface area (Å²) in [6.45, 7) is 4.04. The molecular formula is C21H23FN2O3. The first-order valence-electron chi connectivity index (χ1n) is 9.11. The van der Waals surface area contributed by atoms with Gasteiger partial charge >= 0.3 is 5.97 Å². The maximum absolute atomic E-state index is 13.4. The topological polar surface area (TPSA) is 59.5 Å². The number of ether oxygens (including phenoxy) is 1. The second-order valence-corrected chi connectivity index (χ2v) is 6.96. The molecule has 1 amide bonds. The van der Waals surface area contributed by atoms with Gasteiger partial charge < -0.3 is 9.64 Å². The highest BCUT2D eigenvalue weighted by Gasteiger charge is 2.43. The lowest BCUT2D eigenvalue weighted by Crippen LogP contribution is -2.35. The first kappa shape index (κ1) is 19.0. The zero-order chi connectivity index (χ0) is 19.4. The van der Waals surface area contributed by atoms with Gasteiger partial charge in [-0.1, -0.05) is 18.2 Å². The van der Waals surface area contributed by atoms with Gasteiger partial charge in [0.1, 0.15) is 5.82 Å². The van der Waals surface area contributed by atoms with Gasteiger partial charge in [0.2, 0.25) is 5.91 Å². The summed E-state index contributed by atoms with van der Waals surface area (Å²) in [5.74, 6) is -1.26. The van der Waals surface area contributed by atoms with Crippen molar-refractivity contribution in [3.05, 3.63) is 65.7 Å². The van der Waals surface area contributed by atoms with Gasteiger partial charge in [-0.15, -0.1) is 0 Å². The molecule has 0 unspecified atom stereocenters. The summed E-state index contributed by atoms with van der Waals surface area (Å²) < 4.78 is 18.8. The van der Waals surface area contributed by atoms with Gasteiger partial charge in [-0.25, -0.2) is 4.39 Å². The molecule has 0 radical (unpaired) electrons. The van der Waals surface area contributed by atoms with Gasteiger partial charge in [0.25, 0.3) is 0 Å². The van der Waals surface area contributed by atoms with Gasteiger partial charge in [-0.2, -0.15) is 0 Å². The highest BCUT2D eigenvalue weighted by molar-refractivity contribution is 5.82. The molecule has 2 atom stereocenters. The molecule has 0 aliphatic carbocycles. The number of nitrogens with zero attached hydrogens (tertiary/aromatic N) is 2. The molecule has 0 spiro atoms. The molecule has 27 heavy (non-hydrogen) atoms. The SMILES string of the molecule is CC(C)OC(=O)[C@@H]1CCN(C(=O)Cc2ccccn2)[C@@H]1c1ccc(F)cc1. The summed E-state index contributed by atoms with van der Waals surface area (Å²) >= 11 is 0. The van der Waals surface area contributed by atoms with E-state index in [9.17, 15) is 14.0 Å². The molecule has 1 aliphatic rings. The summed E-state index contributed by atoms with van der Waals surface area (Å²) in [5, 5.41) is 0. The number of carbonyl (C=O) groups excluding carboxylic acids is 2. The third-order valence-corrected chi connectivity index (χ3v) is 4.64. The number of benzene rings is 1. The largest absolute Gasteiger partial charge is 0.463 e. The zero-order valence-corrected chi connectivity index (χ0v) is 15.5. The monoisotopic (exact) mass is 370 g/mol. The van der Waals surface area contributed by atoms with Crippen LogP contribution in [0, 0.1) is 11.7 Å². The number of halogens is 1. The molecule has 3 rings (SSSR count). The third-order valence-electron chi connectivity index (χ3n) is 4.64. The molecule has 0 N–H and O–H groups in total. The van der Waals surface area contributed by atoms with Crippen molar-refractivity contribution in [3.63, 3.8) is 0 Å². The Morgan fingerprint density at radius 3 is 2.59 bits per heavy atom. The highest BCUT2D eigenvalue weighted by Crippen LogP contribution is 2.38. The van der Waals surface area contributed by atoms with Crippen LogP contribution in [0.3, 0.4) is 0 Å². The summed E-state index contributed by atoms with van der Waals surface area (Å²) in [4.78, 5) is 31.4. The lowest BCUT2D eigenvalue weighted by molar-refractivity contribution is -0.153. The molecule has 1 aromatic carbocycles. The van der Waals surface area contributed by atoms with E-state index in [1.807, 2.05) is 6.07 Å². The van der Waals surface area contributed by atoms with Crippen molar-refractivity contribution in [1.29, 1.82) is 0 Å². The molecule has 1 aliphatic heterocycles. The zero-order valence-electron chi connectivity index (χ0n) is 15.5. The fourth-order valence-electron chi connectivity index (χ4n) is 3.47. The van der Waals surface area contributed by atoms with Gasteiger partial charge in [0, 0.05) is 18.4 Å². The van der Waals surface area contributed by atoms with Crippen LogP contribution in [0.5, 0.6) is 0 Å². The van der Waals surface area contributed by atoms with E-state index in [1.54, 1.807) is 49.2 Å². The van der Waals surface area contributed by atoms with Crippen molar-refractivity contribution in [2.45, 2.75) is 38.8 Å². The lowest BCUT2D eigenvalue weighted by atomic mass is 9.93. The predicted molar refractivity (Wildman–Crippen MR) is 98.1 cm³/mol. The highest BCUT2D eigenvalue weighted by atomic mass is 19.1. The van der Waals surface area contributed by atoms with Gasteiger partial charge in [0.05, 0.1) is 24.5 Å². The minimum atomic E-state index is -0.467. The summed E-state index contributed by atoms with van der Waals surface area (Å²) in [6, 6.07) is 10.9. The Bertz CT molecular complexity index is 793. The molecule has 1 fully saturated rings. The van der Waals surface area contributed by atoms with Crippen LogP contribution >= 0.6 is 0 Å². The van der Waals surface area contributed by atoms with Crippen LogP contribution in [-0.2, 0) is 20.7 Å². The van der Waals surface area contributed by atoms with Crippen LogP contribution < -0.4 is 0 Å². The number of rotatable bonds is 5. The van der Waals surface area contributed by atoms with Crippen molar-refractivity contribution in [3.8, 4) is 0 Å². The number of carbonyl (C=O) groups is 2. The Balaban J connectivity index is 1.86. The van der Waals surface area contributed by atoms with E-state index in [-0.39, 0.29) is 30.2 Å². The molecule has 6 heteroatoms. The molecule has 5 nitrogen and oxygen atoms in total. The van der Waals surface area contributed by atoms with Crippen LogP contribution in [-0.4, -0.2) is 34.4 Å². The number of aromatic nitrogens is 1. The quantitative estimate of drug-likeness (QED) is 0.758. The number of likely N-dealkylation sites (tertiary alicyclic amines) is 1. The smallest absolute Gasteiger partial charge is 0.311 e. The summed E-state index contributed by atoms with van der Waals surface area (Å²) in [5.41, 5.74) is 1.41. The van der Waals surface area contributed by atoms with E-state index in [2.05, 4.69) is 4.98 Å². The first-order chi connectivity index (χ1) is 13.0. The Morgan fingerprint density at radius 2 is 1.96 bits per heavy atom. The van der Waals surface area contributed by atoms with Crippen LogP contribution in [0.1, 0.15) is 37.6 Å². The van der Waals surface area contributed by atoms with Gasteiger partial charge in [-0.05, 0) is 50.1 Å². The fraction of sp³-hybridized carbons (Fsp3) is 0.381. The Labute approximate surface area is 158 Å². The number of hydrogen-bond donors (Lipinski definition) is 0. The second-order valence-electron chi connectivity index (χ2n) is 6.96. The van der Waals surface area contributed by atoms with E-state index in [4.69, 9.17) is 4.74 Å². The molecule has 1 saturated heterocycles. The minimum Gasteiger partial charge on any atom is -0.463 e. The molecular weight excluding hydrogens is 347 g/mol. The molecule has 1 aromatic heterocycles. The minimum absolute atomic E-state index is 0.108. The average molecular weight is 370 g/mol. The van der Waals surface area contributed by atoms with Gasteiger partial charge in [-0.3, -0.25) is 14.6 Å². The average Bonchev–Trinajstić information content (AvgIpc) is 3.08. The number of hydrogen-bond acceptors (Lipinski definition) is 4. The Morgan fingerprint density at radius 1 is 1.22 bits per heavy atom. The molecule has 142 valence electrons. The number of amides is 1. The lowest BCUT2D eigenvalue weighted by Gasteiger charge is -2.28. The van der Waals surface area contributed by atoms with E-state index in [0.29, 0.717) is 18.7 Å². The Kier molecular flexibility index (Phi) is 5.84. The van der Waals surface area contributed by atoms with Crippen molar-refractivity contribution in [1.82, 2.24) is 9.88 Å². The molecule has 2 heterocycles. The van der Waals surface area contributed by atoms with Crippen molar-refractivity contribution < 1.29 is 18.7 Å². The van der Waals surface area contributed by atoms with Crippen LogP contribution in [0.2, 0.25) is 0 Å². The van der Waals surface area contributed by atoms with E-state index in [1.165, 1.54) is 12.1 Å². The number of esters is 1. The standard InChI is InChI=1S/C21H23FN2O3/c1-14(2)27-21(26)18-10-12-24(19(25)13-17-5-3-4-11-23-17)20(18)15-6-8-16(22)9-7-15/h3-9,11,14,18,20H,10,12-13H2,1-2H3/t18-,20-/m1/s1. The van der Waals surface area contributed by atoms with Crippen LogP contribution in [0.4, 0.5) is 4.39 Å². The molecule has 0 bridgehead atoms. The van der Waals surface area contributed by atoms with E-state index < -0.39 is 12.0 Å². The van der Waals surface area contributed by atoms with E-state index in [0.717, 1.165) is 5.56 Å².